The highest BCUT2D eigenvalue weighted by atomic mass is 16.5. The SMILES string of the molecule is Cc1cccc(OCC(=O)NNC(=O)c2nn(C)c(=O)c3ccccc23)c1. The van der Waals surface area contributed by atoms with Crippen molar-refractivity contribution in [2.75, 3.05) is 6.61 Å². The molecule has 0 aliphatic carbocycles. The van der Waals surface area contributed by atoms with E-state index in [9.17, 15) is 14.4 Å². The third kappa shape index (κ3) is 4.12. The number of ether oxygens (including phenoxy) is 1. The minimum Gasteiger partial charge on any atom is -0.484 e. The lowest BCUT2D eigenvalue weighted by atomic mass is 10.1. The van der Waals surface area contributed by atoms with E-state index in [1.807, 2.05) is 19.1 Å². The maximum absolute atomic E-state index is 12.4. The summed E-state index contributed by atoms with van der Waals surface area (Å²) in [5.74, 6) is -0.605. The number of rotatable bonds is 4. The van der Waals surface area contributed by atoms with Gasteiger partial charge in [0.2, 0.25) is 0 Å². The van der Waals surface area contributed by atoms with Gasteiger partial charge in [0.05, 0.1) is 5.39 Å². The molecule has 1 aromatic heterocycles. The molecule has 2 N–H and O–H groups in total. The summed E-state index contributed by atoms with van der Waals surface area (Å²) in [5, 5.41) is 4.77. The van der Waals surface area contributed by atoms with E-state index in [1.165, 1.54) is 7.05 Å². The molecule has 2 aromatic carbocycles. The molecule has 0 atom stereocenters. The van der Waals surface area contributed by atoms with E-state index in [1.54, 1.807) is 36.4 Å². The maximum Gasteiger partial charge on any atom is 0.290 e. The first kappa shape index (κ1) is 18.1. The fourth-order valence-electron chi connectivity index (χ4n) is 2.54. The van der Waals surface area contributed by atoms with Gasteiger partial charge in [-0.25, -0.2) is 4.68 Å². The summed E-state index contributed by atoms with van der Waals surface area (Å²) in [6, 6.07) is 13.9. The molecule has 2 amide bonds. The lowest BCUT2D eigenvalue weighted by Gasteiger charge is -2.10. The van der Waals surface area contributed by atoms with Crippen molar-refractivity contribution < 1.29 is 14.3 Å². The van der Waals surface area contributed by atoms with Crippen molar-refractivity contribution in [3.63, 3.8) is 0 Å². The van der Waals surface area contributed by atoms with Crippen LogP contribution in [0.15, 0.2) is 53.3 Å². The Hall–Kier alpha value is -3.68. The monoisotopic (exact) mass is 366 g/mol. The molecule has 0 saturated heterocycles. The van der Waals surface area contributed by atoms with Gasteiger partial charge in [-0.3, -0.25) is 25.2 Å². The second kappa shape index (κ2) is 7.69. The number of fused-ring (bicyclic) bond motifs is 1. The molecule has 0 bridgehead atoms. The van der Waals surface area contributed by atoms with Crippen molar-refractivity contribution in [3.8, 4) is 5.75 Å². The van der Waals surface area contributed by atoms with Crippen LogP contribution in [0.4, 0.5) is 0 Å². The molecule has 0 radical (unpaired) electrons. The lowest BCUT2D eigenvalue weighted by molar-refractivity contribution is -0.123. The summed E-state index contributed by atoms with van der Waals surface area (Å²) in [7, 11) is 1.46. The zero-order valence-electron chi connectivity index (χ0n) is 14.9. The van der Waals surface area contributed by atoms with Crippen molar-refractivity contribution in [1.29, 1.82) is 0 Å². The highest BCUT2D eigenvalue weighted by Crippen LogP contribution is 2.13. The number of hydrogen-bond acceptors (Lipinski definition) is 5. The van der Waals surface area contributed by atoms with Gasteiger partial charge >= 0.3 is 0 Å². The van der Waals surface area contributed by atoms with Crippen LogP contribution in [0.5, 0.6) is 5.75 Å². The predicted octanol–water partition coefficient (Wildman–Crippen LogP) is 1.08. The molecule has 0 spiro atoms. The van der Waals surface area contributed by atoms with Gasteiger partial charge in [0, 0.05) is 12.4 Å². The summed E-state index contributed by atoms with van der Waals surface area (Å²) >= 11 is 0. The first-order valence-electron chi connectivity index (χ1n) is 8.20. The summed E-state index contributed by atoms with van der Waals surface area (Å²) in [6.45, 7) is 1.66. The van der Waals surface area contributed by atoms with Crippen molar-refractivity contribution in [2.45, 2.75) is 6.92 Å². The molecule has 0 fully saturated rings. The van der Waals surface area contributed by atoms with Gasteiger partial charge < -0.3 is 4.74 Å². The second-order valence-electron chi connectivity index (χ2n) is 5.93. The van der Waals surface area contributed by atoms with E-state index < -0.39 is 11.8 Å². The Balaban J connectivity index is 1.66. The molecule has 0 unspecified atom stereocenters. The van der Waals surface area contributed by atoms with Crippen LogP contribution in [0.2, 0.25) is 0 Å². The number of hydrogen-bond donors (Lipinski definition) is 2. The van der Waals surface area contributed by atoms with Gasteiger partial charge in [0.15, 0.2) is 12.3 Å². The lowest BCUT2D eigenvalue weighted by Crippen LogP contribution is -2.44. The number of amides is 2. The molecular weight excluding hydrogens is 348 g/mol. The maximum atomic E-state index is 12.4. The number of aromatic nitrogens is 2. The van der Waals surface area contributed by atoms with Gasteiger partial charge in [0.1, 0.15) is 5.75 Å². The fraction of sp³-hybridized carbons (Fsp3) is 0.158. The Kier molecular flexibility index (Phi) is 5.16. The van der Waals surface area contributed by atoms with Crippen LogP contribution >= 0.6 is 0 Å². The minimum absolute atomic E-state index is 0.0348. The van der Waals surface area contributed by atoms with Gasteiger partial charge in [-0.2, -0.15) is 5.10 Å². The zero-order chi connectivity index (χ0) is 19.4. The normalized spacial score (nSPS) is 10.4. The third-order valence-electron chi connectivity index (χ3n) is 3.85. The molecule has 27 heavy (non-hydrogen) atoms. The topological polar surface area (TPSA) is 102 Å². The number of nitrogens with one attached hydrogen (secondary N) is 2. The fourth-order valence-corrected chi connectivity index (χ4v) is 2.54. The van der Waals surface area contributed by atoms with Gasteiger partial charge in [-0.1, -0.05) is 30.3 Å². The van der Waals surface area contributed by atoms with E-state index in [0.717, 1.165) is 10.2 Å². The third-order valence-corrected chi connectivity index (χ3v) is 3.85. The number of aryl methyl sites for hydroxylation is 2. The molecular formula is C19H18N4O4. The standard InChI is InChI=1S/C19H18N4O4/c1-12-6-5-7-13(10-12)27-11-16(24)20-21-18(25)17-14-8-3-4-9-15(14)19(26)23(2)22-17/h3-10H,11H2,1-2H3,(H,20,24)(H,21,25). The van der Waals surface area contributed by atoms with E-state index in [4.69, 9.17) is 4.74 Å². The molecule has 0 aliphatic heterocycles. The number of hydrazine groups is 1. The van der Waals surface area contributed by atoms with Crippen LogP contribution in [-0.2, 0) is 11.8 Å². The molecule has 1 heterocycles. The summed E-state index contributed by atoms with van der Waals surface area (Å²) in [4.78, 5) is 36.4. The Morgan fingerprint density at radius 2 is 1.81 bits per heavy atom. The highest BCUT2D eigenvalue weighted by molar-refractivity contribution is 6.05. The van der Waals surface area contributed by atoms with Crippen LogP contribution in [0, 0.1) is 6.92 Å². The summed E-state index contributed by atoms with van der Waals surface area (Å²) in [5.41, 5.74) is 5.30. The van der Waals surface area contributed by atoms with E-state index in [0.29, 0.717) is 16.5 Å². The summed E-state index contributed by atoms with van der Waals surface area (Å²) < 4.78 is 6.45. The molecule has 0 aliphatic rings. The Morgan fingerprint density at radius 1 is 1.07 bits per heavy atom. The Bertz CT molecular complexity index is 1070. The van der Waals surface area contributed by atoms with Gasteiger partial charge in [0.25, 0.3) is 17.4 Å². The molecule has 3 rings (SSSR count). The van der Waals surface area contributed by atoms with Crippen molar-refractivity contribution in [3.05, 3.63) is 70.1 Å². The van der Waals surface area contributed by atoms with E-state index >= 15 is 0 Å². The van der Waals surface area contributed by atoms with Crippen LogP contribution in [0.3, 0.4) is 0 Å². The van der Waals surface area contributed by atoms with Gasteiger partial charge in [-0.15, -0.1) is 0 Å². The van der Waals surface area contributed by atoms with Crippen molar-refractivity contribution >= 4 is 22.6 Å². The largest absolute Gasteiger partial charge is 0.484 e. The smallest absolute Gasteiger partial charge is 0.290 e. The zero-order valence-corrected chi connectivity index (χ0v) is 14.9. The van der Waals surface area contributed by atoms with Crippen LogP contribution < -0.4 is 21.1 Å². The van der Waals surface area contributed by atoms with Gasteiger partial charge in [-0.05, 0) is 30.7 Å². The van der Waals surface area contributed by atoms with Crippen LogP contribution in [0.1, 0.15) is 16.1 Å². The van der Waals surface area contributed by atoms with Crippen molar-refractivity contribution in [2.24, 2.45) is 7.05 Å². The van der Waals surface area contributed by atoms with Crippen molar-refractivity contribution in [1.82, 2.24) is 20.6 Å². The average Bonchev–Trinajstić information content (AvgIpc) is 2.67. The van der Waals surface area contributed by atoms with Crippen LogP contribution in [0.25, 0.3) is 10.8 Å². The molecule has 8 nitrogen and oxygen atoms in total. The molecule has 8 heteroatoms. The minimum atomic E-state index is -0.634. The second-order valence-corrected chi connectivity index (χ2v) is 5.93. The van der Waals surface area contributed by atoms with E-state index in [-0.39, 0.29) is 17.9 Å². The first-order chi connectivity index (χ1) is 13.0. The first-order valence-corrected chi connectivity index (χ1v) is 8.20. The Labute approximate surface area is 154 Å². The number of benzene rings is 2. The number of nitrogens with zero attached hydrogens (tertiary/aromatic N) is 2. The predicted molar refractivity (Wildman–Crippen MR) is 99.3 cm³/mol. The molecule has 138 valence electrons. The number of carbonyl (C=O) groups excluding carboxylic acids is 2. The van der Waals surface area contributed by atoms with Crippen LogP contribution in [-0.4, -0.2) is 28.2 Å². The molecule has 3 aromatic rings. The van der Waals surface area contributed by atoms with E-state index in [2.05, 4.69) is 16.0 Å². The number of carbonyl (C=O) groups is 2. The average molecular weight is 366 g/mol. The molecule has 0 saturated carbocycles. The summed E-state index contributed by atoms with van der Waals surface area (Å²) in [6.07, 6.45) is 0. The quantitative estimate of drug-likeness (QED) is 0.673. The Morgan fingerprint density at radius 3 is 2.56 bits per heavy atom. The highest BCUT2D eigenvalue weighted by Gasteiger charge is 2.16.